The van der Waals surface area contributed by atoms with Crippen molar-refractivity contribution in [2.45, 2.75) is 0 Å². The summed E-state index contributed by atoms with van der Waals surface area (Å²) in [4.78, 5) is 2.30. The maximum absolute atomic E-state index is 6.18. The van der Waals surface area contributed by atoms with Crippen molar-refractivity contribution < 1.29 is 4.42 Å². The van der Waals surface area contributed by atoms with E-state index in [0.717, 1.165) is 28.2 Å². The zero-order valence-electron chi connectivity index (χ0n) is 21.0. The van der Waals surface area contributed by atoms with E-state index >= 15 is 0 Å². The van der Waals surface area contributed by atoms with Gasteiger partial charge in [-0.25, -0.2) is 0 Å². The van der Waals surface area contributed by atoms with Crippen LogP contribution in [0, 0.1) is 0 Å². The minimum absolute atomic E-state index is 0.939. The molecule has 2 heterocycles. The van der Waals surface area contributed by atoms with Crippen molar-refractivity contribution in [2.75, 3.05) is 4.90 Å². The fraction of sp³-hybridized carbons (Fsp3) is 0. The molecule has 6 aromatic carbocycles. The maximum atomic E-state index is 6.18. The molecular formula is C36H23NOS. The van der Waals surface area contributed by atoms with E-state index < -0.39 is 0 Å². The minimum Gasteiger partial charge on any atom is -0.456 e. The normalized spacial score (nSPS) is 11.6. The first-order chi connectivity index (χ1) is 19.3. The van der Waals surface area contributed by atoms with Gasteiger partial charge in [-0.3, -0.25) is 0 Å². The van der Waals surface area contributed by atoms with Crippen LogP contribution in [0.3, 0.4) is 0 Å². The lowest BCUT2D eigenvalue weighted by atomic mass is 10.0. The van der Waals surface area contributed by atoms with E-state index in [0.29, 0.717) is 0 Å². The van der Waals surface area contributed by atoms with Gasteiger partial charge in [-0.05, 0) is 65.7 Å². The van der Waals surface area contributed by atoms with Crippen molar-refractivity contribution in [3.63, 3.8) is 0 Å². The number of nitrogens with zero attached hydrogens (tertiary/aromatic N) is 1. The van der Waals surface area contributed by atoms with Gasteiger partial charge in [0.05, 0.1) is 0 Å². The minimum atomic E-state index is 0.939. The second kappa shape index (κ2) is 8.87. The highest BCUT2D eigenvalue weighted by molar-refractivity contribution is 7.27. The van der Waals surface area contributed by atoms with Crippen molar-refractivity contribution in [2.24, 2.45) is 0 Å². The molecule has 0 radical (unpaired) electrons. The van der Waals surface area contributed by atoms with Gasteiger partial charge in [0.25, 0.3) is 0 Å². The predicted molar refractivity (Wildman–Crippen MR) is 167 cm³/mol. The molecule has 3 heteroatoms. The highest BCUT2D eigenvalue weighted by Crippen LogP contribution is 2.45. The fourth-order valence-electron chi connectivity index (χ4n) is 5.68. The monoisotopic (exact) mass is 517 g/mol. The molecule has 0 amide bonds. The highest BCUT2D eigenvalue weighted by atomic mass is 32.1. The first kappa shape index (κ1) is 22.2. The van der Waals surface area contributed by atoms with Crippen LogP contribution in [-0.2, 0) is 0 Å². The Morgan fingerprint density at radius 2 is 1.05 bits per heavy atom. The van der Waals surface area contributed by atoms with E-state index in [1.54, 1.807) is 0 Å². The van der Waals surface area contributed by atoms with Gasteiger partial charge in [0.15, 0.2) is 0 Å². The third-order valence-electron chi connectivity index (χ3n) is 7.47. The van der Waals surface area contributed by atoms with E-state index in [-0.39, 0.29) is 0 Å². The van der Waals surface area contributed by atoms with E-state index in [1.165, 1.54) is 42.1 Å². The van der Waals surface area contributed by atoms with Crippen LogP contribution in [0.1, 0.15) is 0 Å². The number of para-hydroxylation sites is 3. The SMILES string of the molecule is c1ccc(N(c2ccccc2)c2ccc(-c3cccc4c3sc3c4ccc4oc5ccccc5c43)cc2)cc1. The third kappa shape index (κ3) is 3.55. The van der Waals surface area contributed by atoms with Crippen molar-refractivity contribution in [1.29, 1.82) is 0 Å². The van der Waals surface area contributed by atoms with Gasteiger partial charge < -0.3 is 9.32 Å². The molecule has 2 nitrogen and oxygen atoms in total. The van der Waals surface area contributed by atoms with Crippen molar-refractivity contribution in [3.8, 4) is 11.1 Å². The van der Waals surface area contributed by atoms with Gasteiger partial charge >= 0.3 is 0 Å². The summed E-state index contributed by atoms with van der Waals surface area (Å²) in [5.74, 6) is 0. The van der Waals surface area contributed by atoms with Crippen LogP contribution < -0.4 is 4.90 Å². The summed E-state index contributed by atoms with van der Waals surface area (Å²) in [6.45, 7) is 0. The Labute approximate surface area is 230 Å². The first-order valence-electron chi connectivity index (χ1n) is 13.1. The molecule has 0 atom stereocenters. The predicted octanol–water partition coefficient (Wildman–Crippen LogP) is 11.1. The Morgan fingerprint density at radius 1 is 0.436 bits per heavy atom. The molecule has 184 valence electrons. The summed E-state index contributed by atoms with van der Waals surface area (Å²) < 4.78 is 8.78. The zero-order valence-corrected chi connectivity index (χ0v) is 21.9. The number of benzene rings is 6. The molecule has 0 N–H and O–H groups in total. The molecule has 8 rings (SSSR count). The summed E-state index contributed by atoms with van der Waals surface area (Å²) in [6, 6.07) is 49.3. The van der Waals surface area contributed by atoms with Crippen molar-refractivity contribution in [1.82, 2.24) is 0 Å². The average Bonchev–Trinajstić information content (AvgIpc) is 3.57. The molecule has 0 bridgehead atoms. The summed E-state index contributed by atoms with van der Waals surface area (Å²) >= 11 is 1.87. The molecule has 39 heavy (non-hydrogen) atoms. The van der Waals surface area contributed by atoms with Crippen LogP contribution in [0.5, 0.6) is 0 Å². The van der Waals surface area contributed by atoms with Crippen LogP contribution in [0.2, 0.25) is 0 Å². The van der Waals surface area contributed by atoms with Gasteiger partial charge in [-0.2, -0.15) is 0 Å². The molecule has 0 unspecified atom stereocenters. The van der Waals surface area contributed by atoms with Crippen molar-refractivity contribution in [3.05, 3.63) is 140 Å². The van der Waals surface area contributed by atoms with Crippen LogP contribution in [0.4, 0.5) is 17.1 Å². The zero-order chi connectivity index (χ0) is 25.8. The van der Waals surface area contributed by atoms with Gasteiger partial charge in [0, 0.05) is 48.0 Å². The summed E-state index contributed by atoms with van der Waals surface area (Å²) in [6.07, 6.45) is 0. The molecule has 0 saturated heterocycles. The second-order valence-electron chi connectivity index (χ2n) is 9.75. The second-order valence-corrected chi connectivity index (χ2v) is 10.8. The van der Waals surface area contributed by atoms with Gasteiger partial charge in [-0.1, -0.05) is 84.9 Å². The topological polar surface area (TPSA) is 16.4 Å². The number of rotatable bonds is 4. The number of anilines is 3. The number of thiophene rings is 1. The molecule has 2 aromatic heterocycles. The molecular weight excluding hydrogens is 494 g/mol. The van der Waals surface area contributed by atoms with Crippen LogP contribution in [-0.4, -0.2) is 0 Å². The van der Waals surface area contributed by atoms with Crippen molar-refractivity contribution >= 4 is 70.5 Å². The fourth-order valence-corrected chi connectivity index (χ4v) is 7.07. The number of hydrogen-bond donors (Lipinski definition) is 0. The number of hydrogen-bond acceptors (Lipinski definition) is 3. The maximum Gasteiger partial charge on any atom is 0.136 e. The molecule has 0 spiro atoms. The Bertz CT molecular complexity index is 2070. The van der Waals surface area contributed by atoms with E-state index in [4.69, 9.17) is 4.42 Å². The first-order valence-corrected chi connectivity index (χ1v) is 13.9. The summed E-state index contributed by atoms with van der Waals surface area (Å²) in [5.41, 5.74) is 7.76. The highest BCUT2D eigenvalue weighted by Gasteiger charge is 2.17. The Morgan fingerprint density at radius 3 is 1.79 bits per heavy atom. The number of fused-ring (bicyclic) bond motifs is 7. The quantitative estimate of drug-likeness (QED) is 0.231. The molecule has 0 aliphatic heterocycles. The van der Waals surface area contributed by atoms with Crippen LogP contribution in [0.25, 0.3) is 53.2 Å². The van der Waals surface area contributed by atoms with E-state index in [2.05, 4.69) is 138 Å². The average molecular weight is 518 g/mol. The summed E-state index contributed by atoms with van der Waals surface area (Å²) in [7, 11) is 0. The molecule has 0 saturated carbocycles. The molecule has 8 aromatic rings. The van der Waals surface area contributed by atoms with Gasteiger partial charge in [0.1, 0.15) is 11.2 Å². The lowest BCUT2D eigenvalue weighted by Gasteiger charge is -2.25. The Hall–Kier alpha value is -4.86. The lowest BCUT2D eigenvalue weighted by Crippen LogP contribution is -2.09. The molecule has 0 aliphatic rings. The van der Waals surface area contributed by atoms with E-state index in [9.17, 15) is 0 Å². The molecule has 0 fully saturated rings. The van der Waals surface area contributed by atoms with Crippen LogP contribution >= 0.6 is 11.3 Å². The third-order valence-corrected chi connectivity index (χ3v) is 8.74. The standard InChI is InChI=1S/C36H23NOS/c1-3-10-25(11-4-1)37(26-12-5-2-6-13-26)27-20-18-24(19-21-27)28-15-9-16-29-30-22-23-33-34(36(30)39-35(28)29)31-14-7-8-17-32(31)38-33/h1-23H. The van der Waals surface area contributed by atoms with Gasteiger partial charge in [-0.15, -0.1) is 11.3 Å². The van der Waals surface area contributed by atoms with Gasteiger partial charge in [0.2, 0.25) is 0 Å². The Balaban J connectivity index is 1.28. The van der Waals surface area contributed by atoms with Crippen LogP contribution in [0.15, 0.2) is 144 Å². The largest absolute Gasteiger partial charge is 0.456 e. The number of furan rings is 1. The molecule has 0 aliphatic carbocycles. The van der Waals surface area contributed by atoms with E-state index in [1.807, 2.05) is 17.4 Å². The summed E-state index contributed by atoms with van der Waals surface area (Å²) in [5, 5.41) is 4.97. The lowest BCUT2D eigenvalue weighted by molar-refractivity contribution is 0.669. The Kier molecular flexibility index (Phi) is 5.04. The smallest absolute Gasteiger partial charge is 0.136 e.